The Morgan fingerprint density at radius 1 is 1.08 bits per heavy atom. The molecule has 0 amide bonds. The van der Waals surface area contributed by atoms with Crippen LogP contribution in [0.4, 0.5) is 0 Å². The molecule has 0 N–H and O–H groups in total. The second kappa shape index (κ2) is 9.04. The smallest absolute Gasteiger partial charge is 0.349 e. The van der Waals surface area contributed by atoms with Crippen LogP contribution in [0.1, 0.15) is 39.2 Å². The van der Waals surface area contributed by atoms with E-state index in [-0.39, 0.29) is 5.97 Å². The van der Waals surface area contributed by atoms with Crippen LogP contribution in [0.15, 0.2) is 48.5 Å². The van der Waals surface area contributed by atoms with Gasteiger partial charge < -0.3 is 9.47 Å². The van der Waals surface area contributed by atoms with Crippen molar-refractivity contribution in [2.75, 3.05) is 6.61 Å². The van der Waals surface area contributed by atoms with Crippen molar-refractivity contribution in [3.63, 3.8) is 0 Å². The molecule has 0 heterocycles. The summed E-state index contributed by atoms with van der Waals surface area (Å²) in [6, 6.07) is 16.1. The molecule has 0 saturated carbocycles. The molecule has 0 spiro atoms. The molecule has 2 rings (SSSR count). The zero-order valence-corrected chi connectivity index (χ0v) is 16.6. The van der Waals surface area contributed by atoms with E-state index < -0.39 is 5.60 Å². The first-order valence-electron chi connectivity index (χ1n) is 8.58. The number of carbonyl (C=O) groups is 1. The normalized spacial score (nSPS) is 11.2. The van der Waals surface area contributed by atoms with Crippen molar-refractivity contribution in [1.29, 1.82) is 0 Å². The van der Waals surface area contributed by atoms with E-state index in [1.54, 1.807) is 13.8 Å². The molecule has 0 aliphatic carbocycles. The highest BCUT2D eigenvalue weighted by Gasteiger charge is 2.31. The lowest BCUT2D eigenvalue weighted by Gasteiger charge is -2.24. The molecule has 2 aromatic rings. The van der Waals surface area contributed by atoms with Crippen LogP contribution in [0.25, 0.3) is 11.1 Å². The number of unbranched alkanes of at least 4 members (excludes halogenated alkanes) is 1. The summed E-state index contributed by atoms with van der Waals surface area (Å²) in [6.45, 7) is 5.96. The third kappa shape index (κ3) is 5.60. The monoisotopic (exact) mass is 404 g/mol. The van der Waals surface area contributed by atoms with E-state index in [1.165, 1.54) is 5.56 Å². The van der Waals surface area contributed by atoms with Gasteiger partial charge in [-0.15, -0.1) is 0 Å². The Kier molecular flexibility index (Phi) is 7.06. The van der Waals surface area contributed by atoms with E-state index in [9.17, 15) is 4.79 Å². The van der Waals surface area contributed by atoms with Crippen LogP contribution in [-0.4, -0.2) is 18.2 Å². The van der Waals surface area contributed by atoms with Gasteiger partial charge in [-0.1, -0.05) is 65.7 Å². The molecule has 25 heavy (non-hydrogen) atoms. The van der Waals surface area contributed by atoms with Gasteiger partial charge in [0.2, 0.25) is 0 Å². The van der Waals surface area contributed by atoms with E-state index in [1.807, 2.05) is 24.3 Å². The molecule has 3 nitrogen and oxygen atoms in total. The van der Waals surface area contributed by atoms with Crippen LogP contribution in [-0.2, 0) is 14.9 Å². The van der Waals surface area contributed by atoms with Crippen LogP contribution in [0.3, 0.4) is 0 Å². The summed E-state index contributed by atoms with van der Waals surface area (Å²) in [7, 11) is 0. The zero-order chi connectivity index (χ0) is 18.3. The SMILES string of the molecule is CCCCOC(=O)C(C)(C)Oc1cccc(-c2ccc(CBr)cc2)c1. The topological polar surface area (TPSA) is 35.5 Å². The summed E-state index contributed by atoms with van der Waals surface area (Å²) in [5.41, 5.74) is 2.37. The molecule has 0 aliphatic rings. The number of ether oxygens (including phenoxy) is 2. The minimum absolute atomic E-state index is 0.340. The third-order valence-electron chi connectivity index (χ3n) is 3.87. The summed E-state index contributed by atoms with van der Waals surface area (Å²) in [5.74, 6) is 0.313. The fraction of sp³-hybridized carbons (Fsp3) is 0.381. The standard InChI is InChI=1S/C21H25BrO3/c1-4-5-13-24-20(23)21(2,3)25-19-8-6-7-18(14-19)17-11-9-16(15-22)10-12-17/h6-12,14H,4-5,13,15H2,1-3H3. The van der Waals surface area contributed by atoms with E-state index in [0.29, 0.717) is 12.4 Å². The van der Waals surface area contributed by atoms with Gasteiger partial charge in [0.15, 0.2) is 5.60 Å². The van der Waals surface area contributed by atoms with Crippen molar-refractivity contribution in [2.24, 2.45) is 0 Å². The van der Waals surface area contributed by atoms with E-state index in [4.69, 9.17) is 9.47 Å². The number of hydrogen-bond donors (Lipinski definition) is 0. The maximum Gasteiger partial charge on any atom is 0.349 e. The molecule has 0 unspecified atom stereocenters. The highest BCUT2D eigenvalue weighted by molar-refractivity contribution is 9.08. The van der Waals surface area contributed by atoms with Crippen molar-refractivity contribution < 1.29 is 14.3 Å². The fourth-order valence-corrected chi connectivity index (χ4v) is 2.72. The van der Waals surface area contributed by atoms with Gasteiger partial charge in [-0.3, -0.25) is 0 Å². The molecule has 0 atom stereocenters. The van der Waals surface area contributed by atoms with Gasteiger partial charge in [-0.05, 0) is 49.1 Å². The maximum atomic E-state index is 12.2. The molecule has 0 bridgehead atoms. The lowest BCUT2D eigenvalue weighted by molar-refractivity contribution is -0.159. The number of benzene rings is 2. The van der Waals surface area contributed by atoms with E-state index in [0.717, 1.165) is 29.3 Å². The Morgan fingerprint density at radius 2 is 1.80 bits per heavy atom. The Morgan fingerprint density at radius 3 is 2.44 bits per heavy atom. The average Bonchev–Trinajstić information content (AvgIpc) is 2.61. The third-order valence-corrected chi connectivity index (χ3v) is 4.52. The summed E-state index contributed by atoms with van der Waals surface area (Å²) >= 11 is 3.46. The van der Waals surface area contributed by atoms with Gasteiger partial charge in [0, 0.05) is 5.33 Å². The van der Waals surface area contributed by atoms with Crippen LogP contribution in [0, 0.1) is 0 Å². The number of rotatable bonds is 8. The summed E-state index contributed by atoms with van der Waals surface area (Å²) in [4.78, 5) is 12.2. The molecular weight excluding hydrogens is 380 g/mol. The number of esters is 1. The van der Waals surface area contributed by atoms with Gasteiger partial charge in [-0.2, -0.15) is 0 Å². The van der Waals surface area contributed by atoms with Gasteiger partial charge >= 0.3 is 5.97 Å². The molecule has 134 valence electrons. The first-order valence-corrected chi connectivity index (χ1v) is 9.70. The molecule has 4 heteroatoms. The number of hydrogen-bond acceptors (Lipinski definition) is 3. The molecule has 0 fully saturated rings. The van der Waals surface area contributed by atoms with Crippen molar-refractivity contribution in [3.8, 4) is 16.9 Å². The van der Waals surface area contributed by atoms with Crippen LogP contribution in [0.5, 0.6) is 5.75 Å². The Labute approximate surface area is 158 Å². The van der Waals surface area contributed by atoms with Crippen molar-refractivity contribution in [3.05, 3.63) is 54.1 Å². The molecule has 0 radical (unpaired) electrons. The number of carbonyl (C=O) groups excluding carboxylic acids is 1. The predicted molar refractivity (Wildman–Crippen MR) is 105 cm³/mol. The summed E-state index contributed by atoms with van der Waals surface area (Å²) < 4.78 is 11.2. The summed E-state index contributed by atoms with van der Waals surface area (Å²) in [5, 5.41) is 0.838. The van der Waals surface area contributed by atoms with E-state index >= 15 is 0 Å². The average molecular weight is 405 g/mol. The molecule has 0 aromatic heterocycles. The quantitative estimate of drug-likeness (QED) is 0.319. The van der Waals surface area contributed by atoms with E-state index in [2.05, 4.69) is 47.1 Å². The highest BCUT2D eigenvalue weighted by atomic mass is 79.9. The van der Waals surface area contributed by atoms with Crippen molar-refractivity contribution >= 4 is 21.9 Å². The lowest BCUT2D eigenvalue weighted by atomic mass is 10.0. The van der Waals surface area contributed by atoms with Gasteiger partial charge in [0.05, 0.1) is 6.61 Å². The molecule has 2 aromatic carbocycles. The Balaban J connectivity index is 2.10. The highest BCUT2D eigenvalue weighted by Crippen LogP contribution is 2.27. The van der Waals surface area contributed by atoms with Gasteiger partial charge in [-0.25, -0.2) is 4.79 Å². The van der Waals surface area contributed by atoms with Crippen LogP contribution < -0.4 is 4.74 Å². The first kappa shape index (κ1) is 19.5. The predicted octanol–water partition coefficient (Wildman–Crippen LogP) is 5.75. The molecule has 0 aliphatic heterocycles. The minimum Gasteiger partial charge on any atom is -0.476 e. The minimum atomic E-state index is -1.02. The second-order valence-corrected chi connectivity index (χ2v) is 7.02. The zero-order valence-electron chi connectivity index (χ0n) is 15.0. The van der Waals surface area contributed by atoms with Crippen LogP contribution >= 0.6 is 15.9 Å². The Bertz CT molecular complexity index is 693. The number of alkyl halides is 1. The van der Waals surface area contributed by atoms with Crippen molar-refractivity contribution in [2.45, 2.75) is 44.5 Å². The second-order valence-electron chi connectivity index (χ2n) is 6.46. The molecular formula is C21H25BrO3. The first-order chi connectivity index (χ1) is 12.0. The maximum absolute atomic E-state index is 12.2. The number of halogens is 1. The Hall–Kier alpha value is -1.81. The van der Waals surface area contributed by atoms with Gasteiger partial charge in [0.25, 0.3) is 0 Å². The van der Waals surface area contributed by atoms with Gasteiger partial charge in [0.1, 0.15) is 5.75 Å². The lowest BCUT2D eigenvalue weighted by Crippen LogP contribution is -2.39. The summed E-state index contributed by atoms with van der Waals surface area (Å²) in [6.07, 6.45) is 1.85. The largest absolute Gasteiger partial charge is 0.476 e. The molecule has 0 saturated heterocycles. The van der Waals surface area contributed by atoms with Crippen molar-refractivity contribution in [1.82, 2.24) is 0 Å². The van der Waals surface area contributed by atoms with Crippen LogP contribution in [0.2, 0.25) is 0 Å². The fourth-order valence-electron chi connectivity index (χ4n) is 2.34.